The summed E-state index contributed by atoms with van der Waals surface area (Å²) in [5.41, 5.74) is 1.30. The van der Waals surface area contributed by atoms with Crippen LogP contribution in [0.5, 0.6) is 5.88 Å². The number of ether oxygens (including phenoxy) is 1. The van der Waals surface area contributed by atoms with Crippen LogP contribution < -0.4 is 15.3 Å². The van der Waals surface area contributed by atoms with Crippen molar-refractivity contribution in [2.24, 2.45) is 0 Å². The fourth-order valence-corrected chi connectivity index (χ4v) is 3.46. The third-order valence-corrected chi connectivity index (χ3v) is 5.08. The lowest BCUT2D eigenvalue weighted by Gasteiger charge is -2.32. The number of anilines is 1. The van der Waals surface area contributed by atoms with E-state index in [1.54, 1.807) is 25.1 Å². The van der Waals surface area contributed by atoms with Gasteiger partial charge in [-0.15, -0.1) is 0 Å². The first-order valence-electron chi connectivity index (χ1n) is 9.59. The van der Waals surface area contributed by atoms with Gasteiger partial charge in [0.25, 0.3) is 0 Å². The lowest BCUT2D eigenvalue weighted by molar-refractivity contribution is 0.289. The van der Waals surface area contributed by atoms with Gasteiger partial charge in [0.05, 0.1) is 0 Å². The molecule has 1 aliphatic heterocycles. The number of rotatable bonds is 5. The summed E-state index contributed by atoms with van der Waals surface area (Å²) in [7, 11) is 0. The van der Waals surface area contributed by atoms with Gasteiger partial charge in [0, 0.05) is 25.7 Å². The van der Waals surface area contributed by atoms with Crippen molar-refractivity contribution in [3.8, 4) is 5.88 Å². The van der Waals surface area contributed by atoms with Crippen LogP contribution in [0.3, 0.4) is 0 Å². The van der Waals surface area contributed by atoms with Crippen LogP contribution >= 0.6 is 0 Å². The van der Waals surface area contributed by atoms with Crippen LogP contribution in [0.2, 0.25) is 0 Å². The van der Waals surface area contributed by atoms with E-state index in [0.717, 1.165) is 18.6 Å². The third-order valence-electron chi connectivity index (χ3n) is 5.08. The molecule has 156 valence electrons. The Kier molecular flexibility index (Phi) is 5.48. The van der Waals surface area contributed by atoms with Crippen LogP contribution in [0.1, 0.15) is 23.1 Å². The molecule has 0 N–H and O–H groups in total. The Morgan fingerprint density at radius 2 is 1.73 bits per heavy atom. The number of fused-ring (bicyclic) bond motifs is 1. The molecular formula is C22H20F3N3O2. The van der Waals surface area contributed by atoms with Crippen molar-refractivity contribution in [2.45, 2.75) is 33.0 Å². The van der Waals surface area contributed by atoms with Gasteiger partial charge in [-0.05, 0) is 48.2 Å². The minimum Gasteiger partial charge on any atom is -0.473 e. The molecule has 3 aromatic rings. The standard InChI is InChI=1S/C22H20F3N3O2/c1-14-3-4-16(10-18(14)24)13-30-20-11-21-27(7-2-8-28(21)22(29)26-20)12-15-5-6-17(23)19(25)9-15/h3-6,9-11H,2,7-8,12-13H2,1H3. The van der Waals surface area contributed by atoms with E-state index in [9.17, 15) is 18.0 Å². The van der Waals surface area contributed by atoms with E-state index < -0.39 is 17.3 Å². The molecule has 0 saturated heterocycles. The van der Waals surface area contributed by atoms with Crippen molar-refractivity contribution in [1.82, 2.24) is 9.55 Å². The van der Waals surface area contributed by atoms with E-state index in [2.05, 4.69) is 4.98 Å². The molecule has 0 unspecified atom stereocenters. The van der Waals surface area contributed by atoms with Gasteiger partial charge < -0.3 is 9.64 Å². The summed E-state index contributed by atoms with van der Waals surface area (Å²) in [5.74, 6) is -1.42. The fourth-order valence-electron chi connectivity index (χ4n) is 3.46. The van der Waals surface area contributed by atoms with Crippen molar-refractivity contribution in [1.29, 1.82) is 0 Å². The van der Waals surface area contributed by atoms with Crippen LogP contribution in [-0.4, -0.2) is 16.1 Å². The van der Waals surface area contributed by atoms with Crippen molar-refractivity contribution >= 4 is 5.82 Å². The van der Waals surface area contributed by atoms with Crippen LogP contribution in [0.15, 0.2) is 47.3 Å². The summed E-state index contributed by atoms with van der Waals surface area (Å²) >= 11 is 0. The average molecular weight is 415 g/mol. The fraction of sp³-hybridized carbons (Fsp3) is 0.273. The van der Waals surface area contributed by atoms with Crippen LogP contribution in [0, 0.1) is 24.4 Å². The summed E-state index contributed by atoms with van der Waals surface area (Å²) in [5, 5.41) is 0. The van der Waals surface area contributed by atoms with E-state index in [1.165, 1.54) is 16.7 Å². The second-order valence-corrected chi connectivity index (χ2v) is 7.28. The number of nitrogens with zero attached hydrogens (tertiary/aromatic N) is 3. The highest BCUT2D eigenvalue weighted by Crippen LogP contribution is 2.25. The smallest absolute Gasteiger partial charge is 0.352 e. The Morgan fingerprint density at radius 3 is 2.50 bits per heavy atom. The summed E-state index contributed by atoms with van der Waals surface area (Å²) < 4.78 is 47.7. The molecule has 2 aromatic carbocycles. The van der Waals surface area contributed by atoms with Gasteiger partial charge in [0.15, 0.2) is 11.6 Å². The van der Waals surface area contributed by atoms with Crippen molar-refractivity contribution < 1.29 is 17.9 Å². The predicted molar refractivity (Wildman–Crippen MR) is 106 cm³/mol. The maximum atomic E-state index is 13.7. The third kappa shape index (κ3) is 4.17. The zero-order valence-electron chi connectivity index (χ0n) is 16.4. The van der Waals surface area contributed by atoms with Crippen molar-refractivity contribution in [3.05, 3.63) is 87.1 Å². The Labute approximate surface area is 171 Å². The van der Waals surface area contributed by atoms with Gasteiger partial charge in [-0.1, -0.05) is 18.2 Å². The van der Waals surface area contributed by atoms with E-state index in [1.807, 2.05) is 4.90 Å². The molecule has 4 rings (SSSR count). The van der Waals surface area contributed by atoms with Gasteiger partial charge in [-0.3, -0.25) is 4.57 Å². The molecule has 1 aliphatic rings. The van der Waals surface area contributed by atoms with E-state index in [0.29, 0.717) is 42.1 Å². The normalized spacial score (nSPS) is 13.3. The van der Waals surface area contributed by atoms with E-state index in [-0.39, 0.29) is 18.3 Å². The number of halogens is 3. The van der Waals surface area contributed by atoms with E-state index in [4.69, 9.17) is 4.74 Å². The van der Waals surface area contributed by atoms with Crippen molar-refractivity contribution in [2.75, 3.05) is 11.4 Å². The van der Waals surface area contributed by atoms with Crippen LogP contribution in [0.25, 0.3) is 0 Å². The Bertz CT molecular complexity index is 1150. The molecule has 2 heterocycles. The molecule has 0 spiro atoms. The zero-order chi connectivity index (χ0) is 21.3. The summed E-state index contributed by atoms with van der Waals surface area (Å²) in [4.78, 5) is 18.3. The first-order chi connectivity index (χ1) is 14.4. The van der Waals surface area contributed by atoms with Crippen molar-refractivity contribution in [3.63, 3.8) is 0 Å². The largest absolute Gasteiger partial charge is 0.473 e. The zero-order valence-corrected chi connectivity index (χ0v) is 16.4. The molecule has 1 aromatic heterocycles. The van der Waals surface area contributed by atoms with Gasteiger partial charge in [0.2, 0.25) is 5.88 Å². The number of hydrogen-bond donors (Lipinski definition) is 0. The molecule has 0 saturated carbocycles. The average Bonchev–Trinajstić information content (AvgIpc) is 2.72. The summed E-state index contributed by atoms with van der Waals surface area (Å²) in [6.07, 6.45) is 0.723. The lowest BCUT2D eigenvalue weighted by Crippen LogP contribution is -2.38. The predicted octanol–water partition coefficient (Wildman–Crippen LogP) is 3.96. The topological polar surface area (TPSA) is 47.4 Å². The first kappa shape index (κ1) is 20.0. The molecule has 5 nitrogen and oxygen atoms in total. The maximum absolute atomic E-state index is 13.7. The molecule has 0 radical (unpaired) electrons. The minimum atomic E-state index is -0.911. The maximum Gasteiger partial charge on any atom is 0.352 e. The highest BCUT2D eigenvalue weighted by molar-refractivity contribution is 5.44. The van der Waals surface area contributed by atoms with Gasteiger partial charge >= 0.3 is 5.69 Å². The second kappa shape index (κ2) is 8.22. The summed E-state index contributed by atoms with van der Waals surface area (Å²) in [6.45, 7) is 3.21. The molecule has 30 heavy (non-hydrogen) atoms. The molecular weight excluding hydrogens is 395 g/mol. The van der Waals surface area contributed by atoms with E-state index >= 15 is 0 Å². The summed E-state index contributed by atoms with van der Waals surface area (Å²) in [6, 6.07) is 10.2. The number of aryl methyl sites for hydroxylation is 1. The molecule has 0 atom stereocenters. The monoisotopic (exact) mass is 415 g/mol. The Hall–Kier alpha value is -3.29. The number of aromatic nitrogens is 2. The van der Waals surface area contributed by atoms with Crippen LogP contribution in [0.4, 0.5) is 19.0 Å². The molecule has 0 amide bonds. The highest BCUT2D eigenvalue weighted by Gasteiger charge is 2.20. The SMILES string of the molecule is Cc1ccc(COc2cc3n(c(=O)n2)CCCN3Cc2ccc(F)c(F)c2)cc1F. The molecule has 0 fully saturated rings. The highest BCUT2D eigenvalue weighted by atomic mass is 19.2. The van der Waals surface area contributed by atoms with Gasteiger partial charge in [-0.25, -0.2) is 18.0 Å². The quantitative estimate of drug-likeness (QED) is 0.633. The Morgan fingerprint density at radius 1 is 0.967 bits per heavy atom. The minimum absolute atomic E-state index is 0.0657. The van der Waals surface area contributed by atoms with Gasteiger partial charge in [-0.2, -0.15) is 4.98 Å². The first-order valence-corrected chi connectivity index (χ1v) is 9.59. The number of hydrogen-bond acceptors (Lipinski definition) is 4. The Balaban J connectivity index is 1.57. The molecule has 0 bridgehead atoms. The second-order valence-electron chi connectivity index (χ2n) is 7.28. The van der Waals surface area contributed by atoms with Gasteiger partial charge in [0.1, 0.15) is 18.2 Å². The lowest BCUT2D eigenvalue weighted by atomic mass is 10.1. The number of benzene rings is 2. The molecule has 8 heteroatoms. The molecule has 0 aliphatic carbocycles. The van der Waals surface area contributed by atoms with Crippen LogP contribution in [-0.2, 0) is 19.7 Å².